The molecule has 0 saturated heterocycles. The first kappa shape index (κ1) is 40.7. The summed E-state index contributed by atoms with van der Waals surface area (Å²) >= 11 is 1.68. The smallest absolute Gasteiger partial charge is 0.410 e. The quantitative estimate of drug-likeness (QED) is 0.0709. The molecule has 0 bridgehead atoms. The maximum absolute atomic E-state index is 13.9. The molecule has 11 heteroatoms. The van der Waals surface area contributed by atoms with Gasteiger partial charge in [-0.3, -0.25) is 0 Å². The molecule has 6 atom stereocenters. The second kappa shape index (κ2) is 18.2. The summed E-state index contributed by atoms with van der Waals surface area (Å²) < 4.78 is 26.4. The van der Waals surface area contributed by atoms with Crippen LogP contribution in [0.1, 0.15) is 77.2 Å². The van der Waals surface area contributed by atoms with E-state index in [0.29, 0.717) is 30.8 Å². The molecule has 0 aromatic heterocycles. The number of benzene rings is 2. The standard InChI is InChI=1S/C42H58N2O8S/c1-8-23-50-42-37(44(5)40(47)49-27-41(2,3)4)26-35(43-48-6)33-24-28(13-9-11-21-45)32(14-10-12-22-46)38(39(33)42)34-25-30(17-20-36(34)52-42)51-29-15-18-31(53-7)19-16-29/h8,15-20,24-25,28,32,37-39,45-46H,1,9-14,21-23,26-27H2,2-7H3/t28-,32+,37-,38+,39+,42+/m0/s1. The molecule has 1 heterocycles. The SMILES string of the molecule is C=CCO[C@@]12Oc3ccc(Oc4ccc(SC)cc4)cc3[C@H]3[C@H](CCCCO)[C@@H](CCCCO)C=C(C(=NOC)C[C@@H]1N(C)C(=O)OCC(C)(C)C)[C@H]32. The van der Waals surface area contributed by atoms with Crippen molar-refractivity contribution in [3.63, 3.8) is 0 Å². The number of ether oxygens (including phenoxy) is 4. The summed E-state index contributed by atoms with van der Waals surface area (Å²) in [5.74, 6) is 0.454. The van der Waals surface area contributed by atoms with Crippen molar-refractivity contribution in [1.29, 1.82) is 0 Å². The average Bonchev–Trinajstić information content (AvgIpc) is 3.14. The number of aliphatic hydroxyl groups excluding tert-OH is 2. The van der Waals surface area contributed by atoms with Crippen LogP contribution in [0.5, 0.6) is 17.2 Å². The molecule has 0 unspecified atom stereocenters. The third-order valence-corrected chi connectivity index (χ3v) is 11.3. The van der Waals surface area contributed by atoms with Crippen LogP contribution in [-0.4, -0.2) is 85.6 Å². The first-order valence-corrected chi connectivity index (χ1v) is 20.1. The molecule has 1 fully saturated rings. The van der Waals surface area contributed by atoms with Gasteiger partial charge in [-0.05, 0) is 97.2 Å². The molecule has 2 N–H and O–H groups in total. The Hall–Kier alpha value is -3.51. The zero-order valence-electron chi connectivity index (χ0n) is 32.2. The normalized spacial score (nSPS) is 25.4. The molecule has 290 valence electrons. The van der Waals surface area contributed by atoms with Crippen LogP contribution in [0.2, 0.25) is 0 Å². The molecule has 1 aliphatic heterocycles. The first-order valence-electron chi connectivity index (χ1n) is 18.8. The molecule has 10 nitrogen and oxygen atoms in total. The van der Waals surface area contributed by atoms with E-state index in [-0.39, 0.29) is 49.6 Å². The molecule has 2 aromatic carbocycles. The Bertz CT molecular complexity index is 1600. The number of hydrogen-bond acceptors (Lipinski definition) is 10. The molecule has 53 heavy (non-hydrogen) atoms. The Morgan fingerprint density at radius 1 is 1.08 bits per heavy atom. The van der Waals surface area contributed by atoms with E-state index >= 15 is 0 Å². The van der Waals surface area contributed by atoms with Crippen molar-refractivity contribution in [2.45, 2.75) is 88.4 Å². The number of allylic oxidation sites excluding steroid dienone is 1. The molecule has 2 aromatic rings. The van der Waals surface area contributed by atoms with Gasteiger partial charge in [0, 0.05) is 43.1 Å². The van der Waals surface area contributed by atoms with E-state index in [9.17, 15) is 15.0 Å². The van der Waals surface area contributed by atoms with Gasteiger partial charge in [0.2, 0.25) is 5.79 Å². The predicted molar refractivity (Wildman–Crippen MR) is 209 cm³/mol. The van der Waals surface area contributed by atoms with E-state index in [0.717, 1.165) is 53.2 Å². The van der Waals surface area contributed by atoms with E-state index in [1.165, 1.54) is 0 Å². The molecule has 2 aliphatic carbocycles. The summed E-state index contributed by atoms with van der Waals surface area (Å²) in [5, 5.41) is 24.2. The van der Waals surface area contributed by atoms with Gasteiger partial charge in [-0.15, -0.1) is 18.3 Å². The zero-order chi connectivity index (χ0) is 38.2. The lowest BCUT2D eigenvalue weighted by molar-refractivity contribution is -0.253. The van der Waals surface area contributed by atoms with Gasteiger partial charge in [0.25, 0.3) is 0 Å². The monoisotopic (exact) mass is 750 g/mol. The van der Waals surface area contributed by atoms with Gasteiger partial charge >= 0.3 is 6.09 Å². The lowest BCUT2D eigenvalue weighted by Gasteiger charge is -2.59. The van der Waals surface area contributed by atoms with E-state index < -0.39 is 23.8 Å². The lowest BCUT2D eigenvalue weighted by Crippen LogP contribution is -2.69. The van der Waals surface area contributed by atoms with Crippen LogP contribution in [-0.2, 0) is 14.3 Å². The van der Waals surface area contributed by atoms with Crippen molar-refractivity contribution < 1.29 is 38.8 Å². The predicted octanol–water partition coefficient (Wildman–Crippen LogP) is 8.58. The van der Waals surface area contributed by atoms with Crippen molar-refractivity contribution in [3.05, 3.63) is 72.3 Å². The van der Waals surface area contributed by atoms with E-state index in [4.69, 9.17) is 23.8 Å². The fourth-order valence-corrected chi connectivity index (χ4v) is 8.60. The van der Waals surface area contributed by atoms with Crippen molar-refractivity contribution in [3.8, 4) is 17.2 Å². The number of nitrogens with zero attached hydrogens (tertiary/aromatic N) is 2. The second-order valence-corrected chi connectivity index (χ2v) is 16.3. The van der Waals surface area contributed by atoms with Gasteiger partial charge in [0.1, 0.15) is 30.4 Å². The fraction of sp³-hybridized carbons (Fsp3) is 0.571. The number of carbonyl (C=O) groups is 1. The topological polar surface area (TPSA) is 119 Å². The van der Waals surface area contributed by atoms with Gasteiger partial charge in [-0.25, -0.2) is 4.79 Å². The number of aliphatic hydroxyl groups is 2. The maximum atomic E-state index is 13.9. The fourth-order valence-electron chi connectivity index (χ4n) is 8.19. The summed E-state index contributed by atoms with van der Waals surface area (Å²) in [4.78, 5) is 22.1. The summed E-state index contributed by atoms with van der Waals surface area (Å²) in [5.41, 5.74) is 2.48. The largest absolute Gasteiger partial charge is 0.459 e. The van der Waals surface area contributed by atoms with Gasteiger partial charge in [0.15, 0.2) is 0 Å². The number of thioether (sulfide) groups is 1. The number of oxime groups is 1. The van der Waals surface area contributed by atoms with Crippen molar-refractivity contribution >= 4 is 23.6 Å². The van der Waals surface area contributed by atoms with E-state index in [1.807, 2.05) is 63.4 Å². The Balaban J connectivity index is 1.71. The first-order chi connectivity index (χ1) is 25.5. The molecule has 0 radical (unpaired) electrons. The Morgan fingerprint density at radius 3 is 2.42 bits per heavy atom. The average molecular weight is 751 g/mol. The third kappa shape index (κ3) is 9.24. The van der Waals surface area contributed by atoms with Crippen LogP contribution in [0.15, 0.2) is 76.8 Å². The van der Waals surface area contributed by atoms with Gasteiger partial charge in [-0.2, -0.15) is 0 Å². The molecule has 5 rings (SSSR count). The number of fused-ring (bicyclic) bond motifs is 2. The van der Waals surface area contributed by atoms with Gasteiger partial charge in [-0.1, -0.05) is 50.9 Å². The van der Waals surface area contributed by atoms with Crippen LogP contribution in [0.25, 0.3) is 0 Å². The lowest BCUT2D eigenvalue weighted by atomic mass is 9.55. The third-order valence-electron chi connectivity index (χ3n) is 10.5. The summed E-state index contributed by atoms with van der Waals surface area (Å²) in [7, 11) is 3.28. The molecular formula is C42H58N2O8S. The number of rotatable bonds is 17. The number of amides is 1. The van der Waals surface area contributed by atoms with Crippen LogP contribution in [0, 0.1) is 23.2 Å². The second-order valence-electron chi connectivity index (χ2n) is 15.5. The number of unbranched alkanes of at least 4 members (excludes halogenated alkanes) is 2. The molecule has 0 spiro atoms. The Kier molecular flexibility index (Phi) is 14.0. The highest BCUT2D eigenvalue weighted by Crippen LogP contribution is 2.62. The minimum atomic E-state index is -1.33. The molecule has 3 aliphatic rings. The van der Waals surface area contributed by atoms with Gasteiger partial charge in [0.05, 0.1) is 24.8 Å². The molecule has 1 amide bonds. The zero-order valence-corrected chi connectivity index (χ0v) is 33.0. The van der Waals surface area contributed by atoms with Crippen LogP contribution in [0.4, 0.5) is 4.79 Å². The minimum absolute atomic E-state index is 0.111. The minimum Gasteiger partial charge on any atom is -0.459 e. The number of carbonyl (C=O) groups excluding carboxylic acids is 1. The van der Waals surface area contributed by atoms with E-state index in [2.05, 4.69) is 23.9 Å². The van der Waals surface area contributed by atoms with Crippen LogP contribution >= 0.6 is 11.8 Å². The Labute approximate surface area is 319 Å². The van der Waals surface area contributed by atoms with Crippen molar-refractivity contribution in [1.82, 2.24) is 4.90 Å². The van der Waals surface area contributed by atoms with Crippen molar-refractivity contribution in [2.24, 2.45) is 28.3 Å². The van der Waals surface area contributed by atoms with Crippen LogP contribution < -0.4 is 9.47 Å². The highest BCUT2D eigenvalue weighted by atomic mass is 32.2. The summed E-state index contributed by atoms with van der Waals surface area (Å²) in [6.45, 7) is 10.7. The maximum Gasteiger partial charge on any atom is 0.410 e. The highest BCUT2D eigenvalue weighted by Gasteiger charge is 2.65. The Morgan fingerprint density at radius 2 is 1.77 bits per heavy atom. The van der Waals surface area contributed by atoms with Crippen LogP contribution in [0.3, 0.4) is 0 Å². The van der Waals surface area contributed by atoms with Crippen molar-refractivity contribution in [2.75, 3.05) is 46.8 Å². The molecule has 1 saturated carbocycles. The summed E-state index contributed by atoms with van der Waals surface area (Å²) in [6.07, 6.45) is 10.7. The highest BCUT2D eigenvalue weighted by molar-refractivity contribution is 7.98. The number of hydrogen-bond donors (Lipinski definition) is 2. The number of likely N-dealkylation sites (N-methyl/N-ethyl adjacent to an activating group) is 1. The molecular weight excluding hydrogens is 693 g/mol. The van der Waals surface area contributed by atoms with Gasteiger partial charge < -0.3 is 38.9 Å². The van der Waals surface area contributed by atoms with E-state index in [1.54, 1.807) is 36.9 Å². The summed E-state index contributed by atoms with van der Waals surface area (Å²) in [6, 6.07) is 13.3.